The highest BCUT2D eigenvalue weighted by atomic mass is 35.5. The summed E-state index contributed by atoms with van der Waals surface area (Å²) in [6.07, 6.45) is 0. The lowest BCUT2D eigenvalue weighted by atomic mass is 10.3. The molecule has 0 saturated carbocycles. The van der Waals surface area contributed by atoms with Crippen molar-refractivity contribution in [3.8, 4) is 0 Å². The Labute approximate surface area is 119 Å². The van der Waals surface area contributed by atoms with Crippen molar-refractivity contribution >= 4 is 40.6 Å². The maximum atomic E-state index is 13.8. The summed E-state index contributed by atoms with van der Waals surface area (Å²) in [5, 5.41) is 3.41. The maximum Gasteiger partial charge on any atom is 0.354 e. The van der Waals surface area contributed by atoms with Gasteiger partial charge in [-0.15, -0.1) is 5.12 Å². The molecule has 0 aliphatic carbocycles. The predicted octanol–water partition coefficient (Wildman–Crippen LogP) is 4.92. The van der Waals surface area contributed by atoms with E-state index >= 15 is 0 Å². The second kappa shape index (κ2) is 5.91. The van der Waals surface area contributed by atoms with E-state index in [4.69, 9.17) is 23.2 Å². The number of hydrogen-bond donors (Lipinski definition) is 1. The lowest BCUT2D eigenvalue weighted by molar-refractivity contribution is 0.245. The molecule has 1 N–H and O–H groups in total. The summed E-state index contributed by atoms with van der Waals surface area (Å²) in [4.78, 5) is 11.7. The zero-order chi connectivity index (χ0) is 13.8. The second-order valence-electron chi connectivity index (χ2n) is 3.69. The van der Waals surface area contributed by atoms with Crippen LogP contribution in [0.4, 0.5) is 20.7 Å². The van der Waals surface area contributed by atoms with Gasteiger partial charge in [0.15, 0.2) is 0 Å². The van der Waals surface area contributed by atoms with Crippen LogP contribution in [-0.4, -0.2) is 6.03 Å². The summed E-state index contributed by atoms with van der Waals surface area (Å²) < 4.78 is 13.8. The van der Waals surface area contributed by atoms with E-state index in [1.165, 1.54) is 24.3 Å². The van der Waals surface area contributed by atoms with E-state index < -0.39 is 6.03 Å². The van der Waals surface area contributed by atoms with E-state index in [1.807, 2.05) is 0 Å². The number of carbonyl (C=O) groups is 1. The fraction of sp³-hybridized carbons (Fsp3) is 0. The maximum absolute atomic E-state index is 13.8. The van der Waals surface area contributed by atoms with Crippen LogP contribution < -0.4 is 10.4 Å². The molecule has 0 aliphatic heterocycles. The first-order chi connectivity index (χ1) is 9.06. The highest BCUT2D eigenvalue weighted by molar-refractivity contribution is 6.31. The Kier molecular flexibility index (Phi) is 4.24. The van der Waals surface area contributed by atoms with Crippen LogP contribution in [-0.2, 0) is 0 Å². The minimum atomic E-state index is -0.898. The van der Waals surface area contributed by atoms with Gasteiger partial charge in [-0.05, 0) is 48.5 Å². The van der Waals surface area contributed by atoms with Crippen molar-refractivity contribution in [2.45, 2.75) is 0 Å². The largest absolute Gasteiger partial charge is 0.354 e. The van der Waals surface area contributed by atoms with Gasteiger partial charge in [0.05, 0.1) is 5.69 Å². The molecule has 0 bridgehead atoms. The highest BCUT2D eigenvalue weighted by Gasteiger charge is 2.15. The van der Waals surface area contributed by atoms with E-state index in [1.54, 1.807) is 24.3 Å². The number of urea groups is 1. The van der Waals surface area contributed by atoms with Gasteiger partial charge in [-0.25, -0.2) is 4.79 Å². The molecule has 0 unspecified atom stereocenters. The van der Waals surface area contributed by atoms with Gasteiger partial charge in [-0.3, -0.25) is 0 Å². The predicted molar refractivity (Wildman–Crippen MR) is 75.5 cm³/mol. The van der Waals surface area contributed by atoms with E-state index in [9.17, 15) is 9.28 Å². The Morgan fingerprint density at radius 1 is 0.947 bits per heavy atom. The first-order valence-electron chi connectivity index (χ1n) is 5.34. The van der Waals surface area contributed by atoms with Gasteiger partial charge < -0.3 is 5.32 Å². The third-order valence-corrected chi connectivity index (χ3v) is 2.83. The summed E-state index contributed by atoms with van der Waals surface area (Å²) in [6.45, 7) is 0. The minimum Gasteiger partial charge on any atom is -0.306 e. The quantitative estimate of drug-likeness (QED) is 0.785. The van der Waals surface area contributed by atoms with E-state index in [2.05, 4.69) is 5.32 Å². The molecule has 0 spiro atoms. The third-order valence-electron chi connectivity index (χ3n) is 2.33. The molecule has 2 aromatic carbocycles. The fourth-order valence-corrected chi connectivity index (χ4v) is 1.65. The van der Waals surface area contributed by atoms with Crippen molar-refractivity contribution in [1.29, 1.82) is 0 Å². The standard InChI is InChI=1S/C13H9Cl2FN2O/c14-9-1-5-11(6-2-9)17-13(19)18(16)12-7-3-10(15)4-8-12/h1-8H,(H,17,19). The minimum absolute atomic E-state index is 0.00490. The molecule has 2 amide bonds. The number of hydrogen-bond acceptors (Lipinski definition) is 1. The summed E-state index contributed by atoms with van der Waals surface area (Å²) in [7, 11) is 0. The molecule has 0 aliphatic rings. The molecule has 98 valence electrons. The van der Waals surface area contributed by atoms with Crippen LogP contribution in [0.1, 0.15) is 0 Å². The Morgan fingerprint density at radius 2 is 1.42 bits per heavy atom. The van der Waals surface area contributed by atoms with Crippen molar-refractivity contribution in [3.05, 3.63) is 58.6 Å². The normalized spacial score (nSPS) is 10.1. The number of anilines is 2. The Bertz CT molecular complexity index is 572. The van der Waals surface area contributed by atoms with Crippen molar-refractivity contribution in [2.24, 2.45) is 0 Å². The van der Waals surface area contributed by atoms with Crippen molar-refractivity contribution in [3.63, 3.8) is 0 Å². The van der Waals surface area contributed by atoms with Crippen LogP contribution in [0.5, 0.6) is 0 Å². The Morgan fingerprint density at radius 3 is 1.95 bits per heavy atom. The number of amides is 2. The van der Waals surface area contributed by atoms with Gasteiger partial charge in [-0.1, -0.05) is 27.7 Å². The number of carbonyl (C=O) groups excluding carboxylic acids is 1. The van der Waals surface area contributed by atoms with Gasteiger partial charge >= 0.3 is 6.03 Å². The van der Waals surface area contributed by atoms with Crippen LogP contribution in [0, 0.1) is 0 Å². The van der Waals surface area contributed by atoms with E-state index in [0.29, 0.717) is 15.7 Å². The summed E-state index contributed by atoms with van der Waals surface area (Å²) in [5.41, 5.74) is 0.543. The molecule has 0 saturated heterocycles. The zero-order valence-electron chi connectivity index (χ0n) is 9.61. The lowest BCUT2D eigenvalue weighted by Crippen LogP contribution is -2.27. The fourth-order valence-electron chi connectivity index (χ4n) is 1.40. The van der Waals surface area contributed by atoms with E-state index in [-0.39, 0.29) is 10.8 Å². The van der Waals surface area contributed by atoms with Gasteiger partial charge in [0.25, 0.3) is 0 Å². The summed E-state index contributed by atoms with van der Waals surface area (Å²) in [5.74, 6) is 0. The zero-order valence-corrected chi connectivity index (χ0v) is 11.1. The van der Waals surface area contributed by atoms with Crippen molar-refractivity contribution < 1.29 is 9.28 Å². The topological polar surface area (TPSA) is 32.3 Å². The molecule has 3 nitrogen and oxygen atoms in total. The molecule has 0 radical (unpaired) electrons. The molecule has 2 aromatic rings. The average Bonchev–Trinajstić information content (AvgIpc) is 2.41. The van der Waals surface area contributed by atoms with E-state index in [0.717, 1.165) is 0 Å². The molecule has 19 heavy (non-hydrogen) atoms. The average molecular weight is 299 g/mol. The molecule has 6 heteroatoms. The van der Waals surface area contributed by atoms with Gasteiger partial charge in [0, 0.05) is 15.7 Å². The molecule has 0 aromatic heterocycles. The van der Waals surface area contributed by atoms with Crippen LogP contribution in [0.3, 0.4) is 0 Å². The second-order valence-corrected chi connectivity index (χ2v) is 4.57. The monoisotopic (exact) mass is 298 g/mol. The lowest BCUT2D eigenvalue weighted by Gasteiger charge is -2.13. The number of rotatable bonds is 2. The number of halogens is 3. The van der Waals surface area contributed by atoms with Gasteiger partial charge in [0.2, 0.25) is 0 Å². The first kappa shape index (κ1) is 13.6. The Hall–Kier alpha value is -1.78. The highest BCUT2D eigenvalue weighted by Crippen LogP contribution is 2.20. The van der Waals surface area contributed by atoms with Gasteiger partial charge in [0.1, 0.15) is 0 Å². The van der Waals surface area contributed by atoms with Crippen LogP contribution in [0.15, 0.2) is 48.5 Å². The summed E-state index contributed by atoms with van der Waals surface area (Å²) in [6, 6.07) is 11.3. The molecular weight excluding hydrogens is 290 g/mol. The molecular formula is C13H9Cl2FN2O. The smallest absolute Gasteiger partial charge is 0.306 e. The Balaban J connectivity index is 2.07. The number of nitrogens with zero attached hydrogens (tertiary/aromatic N) is 1. The van der Waals surface area contributed by atoms with Crippen LogP contribution >= 0.6 is 23.2 Å². The molecule has 0 atom stereocenters. The first-order valence-corrected chi connectivity index (χ1v) is 6.10. The third kappa shape index (κ3) is 3.59. The summed E-state index contributed by atoms with van der Waals surface area (Å²) >= 11 is 11.4. The SMILES string of the molecule is O=C(Nc1ccc(Cl)cc1)N(F)c1ccc(Cl)cc1. The van der Waals surface area contributed by atoms with Crippen LogP contribution in [0.2, 0.25) is 10.0 Å². The number of benzene rings is 2. The van der Waals surface area contributed by atoms with Crippen molar-refractivity contribution in [1.82, 2.24) is 0 Å². The number of nitrogens with one attached hydrogen (secondary N) is 1. The molecule has 0 fully saturated rings. The molecule has 0 heterocycles. The van der Waals surface area contributed by atoms with Gasteiger partial charge in [-0.2, -0.15) is 0 Å². The van der Waals surface area contributed by atoms with Crippen molar-refractivity contribution in [2.75, 3.05) is 10.4 Å². The molecule has 2 rings (SSSR count). The van der Waals surface area contributed by atoms with Crippen LogP contribution in [0.25, 0.3) is 0 Å².